The summed E-state index contributed by atoms with van der Waals surface area (Å²) in [5, 5.41) is 2.69. The first kappa shape index (κ1) is 13.8. The van der Waals surface area contributed by atoms with Crippen LogP contribution in [0.15, 0.2) is 54.6 Å². The summed E-state index contributed by atoms with van der Waals surface area (Å²) in [6.07, 6.45) is 0.322. The highest BCUT2D eigenvalue weighted by Crippen LogP contribution is 2.03. The number of carbonyl (C=O) groups excluding carboxylic acids is 1. The van der Waals surface area contributed by atoms with Crippen molar-refractivity contribution in [3.8, 4) is 11.8 Å². The Morgan fingerprint density at radius 2 is 1.75 bits per heavy atom. The fraction of sp³-hybridized carbons (Fsp3) is 0.118. The first-order valence-electron chi connectivity index (χ1n) is 6.30. The van der Waals surface area contributed by atoms with Crippen molar-refractivity contribution >= 4 is 5.91 Å². The smallest absolute Gasteiger partial charge is 0.225 e. The average molecular weight is 267 g/mol. The predicted octanol–water partition coefficient (Wildman–Crippen LogP) is 2.54. The lowest BCUT2D eigenvalue weighted by Gasteiger charge is -2.01. The van der Waals surface area contributed by atoms with E-state index in [4.69, 9.17) is 0 Å². The first-order valence-corrected chi connectivity index (χ1v) is 6.30. The van der Waals surface area contributed by atoms with Crippen molar-refractivity contribution in [3.05, 3.63) is 71.5 Å². The van der Waals surface area contributed by atoms with Crippen LogP contribution in [0.25, 0.3) is 0 Å². The molecule has 0 atom stereocenters. The van der Waals surface area contributed by atoms with E-state index in [0.29, 0.717) is 12.0 Å². The van der Waals surface area contributed by atoms with Crippen molar-refractivity contribution in [1.29, 1.82) is 0 Å². The number of rotatable bonds is 3. The SMILES string of the molecule is O=C(Cc1ccccc1)NCC#Cc1ccccc1F. The Morgan fingerprint density at radius 1 is 1.05 bits per heavy atom. The maximum atomic E-state index is 13.3. The zero-order chi connectivity index (χ0) is 14.2. The van der Waals surface area contributed by atoms with E-state index in [2.05, 4.69) is 17.2 Å². The van der Waals surface area contributed by atoms with Gasteiger partial charge in [0, 0.05) is 0 Å². The standard InChI is InChI=1S/C17H14FNO/c18-16-11-5-4-9-15(16)10-6-12-19-17(20)13-14-7-2-1-3-8-14/h1-5,7-9,11H,12-13H2,(H,19,20). The molecule has 1 amide bonds. The molecule has 2 aromatic carbocycles. The van der Waals surface area contributed by atoms with Gasteiger partial charge in [-0.1, -0.05) is 54.3 Å². The third-order valence-corrected chi connectivity index (χ3v) is 2.68. The van der Waals surface area contributed by atoms with Gasteiger partial charge in [-0.2, -0.15) is 0 Å². The molecule has 0 aromatic heterocycles. The lowest BCUT2D eigenvalue weighted by molar-refractivity contribution is -0.120. The molecule has 0 aliphatic heterocycles. The van der Waals surface area contributed by atoms with Crippen molar-refractivity contribution in [2.24, 2.45) is 0 Å². The molecule has 0 bridgehead atoms. The summed E-state index contributed by atoms with van der Waals surface area (Å²) in [6, 6.07) is 15.8. The van der Waals surface area contributed by atoms with Gasteiger partial charge in [-0.3, -0.25) is 4.79 Å². The number of nitrogens with one attached hydrogen (secondary N) is 1. The van der Waals surface area contributed by atoms with Crippen LogP contribution in [0.1, 0.15) is 11.1 Å². The Morgan fingerprint density at radius 3 is 2.50 bits per heavy atom. The largest absolute Gasteiger partial charge is 0.345 e. The zero-order valence-electron chi connectivity index (χ0n) is 10.9. The molecule has 2 nitrogen and oxygen atoms in total. The van der Waals surface area contributed by atoms with E-state index in [1.807, 2.05) is 30.3 Å². The molecule has 2 aromatic rings. The summed E-state index contributed by atoms with van der Waals surface area (Å²) in [5.41, 5.74) is 1.29. The minimum atomic E-state index is -0.351. The molecular weight excluding hydrogens is 253 g/mol. The van der Waals surface area contributed by atoms with E-state index in [9.17, 15) is 9.18 Å². The minimum absolute atomic E-state index is 0.0981. The number of carbonyl (C=O) groups is 1. The first-order chi connectivity index (χ1) is 9.75. The van der Waals surface area contributed by atoms with Crippen molar-refractivity contribution in [2.45, 2.75) is 6.42 Å². The van der Waals surface area contributed by atoms with Crippen LogP contribution in [0.2, 0.25) is 0 Å². The second-order valence-electron chi connectivity index (χ2n) is 4.22. The van der Waals surface area contributed by atoms with Crippen LogP contribution in [-0.4, -0.2) is 12.5 Å². The van der Waals surface area contributed by atoms with Gasteiger partial charge >= 0.3 is 0 Å². The van der Waals surface area contributed by atoms with Gasteiger partial charge < -0.3 is 5.32 Å². The summed E-state index contributed by atoms with van der Waals surface area (Å²) in [7, 11) is 0. The van der Waals surface area contributed by atoms with Crippen LogP contribution in [0.5, 0.6) is 0 Å². The van der Waals surface area contributed by atoms with E-state index in [0.717, 1.165) is 5.56 Å². The van der Waals surface area contributed by atoms with Crippen LogP contribution in [-0.2, 0) is 11.2 Å². The number of amides is 1. The molecule has 0 aliphatic carbocycles. The van der Waals surface area contributed by atoms with E-state index in [1.54, 1.807) is 18.2 Å². The quantitative estimate of drug-likeness (QED) is 0.851. The van der Waals surface area contributed by atoms with Crippen LogP contribution in [0.4, 0.5) is 4.39 Å². The third kappa shape index (κ3) is 4.25. The van der Waals surface area contributed by atoms with Gasteiger partial charge in [-0.15, -0.1) is 0 Å². The molecule has 0 unspecified atom stereocenters. The summed E-state index contributed by atoms with van der Waals surface area (Å²) < 4.78 is 13.3. The summed E-state index contributed by atoms with van der Waals surface area (Å²) in [5.74, 6) is 4.98. The molecule has 2 rings (SSSR count). The highest BCUT2D eigenvalue weighted by Gasteiger charge is 2.00. The number of hydrogen-bond acceptors (Lipinski definition) is 1. The Bertz CT molecular complexity index is 641. The molecule has 0 aliphatic rings. The van der Waals surface area contributed by atoms with Gasteiger partial charge in [-0.05, 0) is 17.7 Å². The Hall–Kier alpha value is -2.60. The summed E-state index contributed by atoms with van der Waals surface area (Å²) >= 11 is 0. The molecule has 1 N–H and O–H groups in total. The third-order valence-electron chi connectivity index (χ3n) is 2.68. The second-order valence-corrected chi connectivity index (χ2v) is 4.22. The molecule has 0 saturated heterocycles. The van der Waals surface area contributed by atoms with Crippen molar-refractivity contribution in [2.75, 3.05) is 6.54 Å². The normalized spacial score (nSPS) is 9.45. The second kappa shape index (κ2) is 7.10. The highest BCUT2D eigenvalue weighted by molar-refractivity contribution is 5.78. The van der Waals surface area contributed by atoms with Gasteiger partial charge in [0.05, 0.1) is 18.5 Å². The molecule has 0 heterocycles. The number of halogens is 1. The molecular formula is C17H14FNO. The highest BCUT2D eigenvalue weighted by atomic mass is 19.1. The predicted molar refractivity (Wildman–Crippen MR) is 76.4 cm³/mol. The van der Waals surface area contributed by atoms with Gasteiger partial charge in [-0.25, -0.2) is 4.39 Å². The maximum absolute atomic E-state index is 13.3. The van der Waals surface area contributed by atoms with Crippen molar-refractivity contribution in [1.82, 2.24) is 5.32 Å². The fourth-order valence-electron chi connectivity index (χ4n) is 1.69. The lowest BCUT2D eigenvalue weighted by atomic mass is 10.1. The Kier molecular flexibility index (Phi) is 4.91. The van der Waals surface area contributed by atoms with Gasteiger partial charge in [0.2, 0.25) is 5.91 Å². The van der Waals surface area contributed by atoms with Crippen LogP contribution in [0, 0.1) is 17.7 Å². The van der Waals surface area contributed by atoms with Gasteiger partial charge in [0.1, 0.15) is 5.82 Å². The molecule has 0 spiro atoms. The molecule has 100 valence electrons. The topological polar surface area (TPSA) is 29.1 Å². The summed E-state index contributed by atoms with van der Waals surface area (Å²) in [4.78, 5) is 11.6. The Labute approximate surface area is 117 Å². The summed E-state index contributed by atoms with van der Waals surface area (Å²) in [6.45, 7) is 0.208. The maximum Gasteiger partial charge on any atom is 0.225 e. The molecule has 0 saturated carbocycles. The van der Waals surface area contributed by atoms with Crippen LogP contribution in [0.3, 0.4) is 0 Å². The van der Waals surface area contributed by atoms with Crippen molar-refractivity contribution < 1.29 is 9.18 Å². The number of hydrogen-bond donors (Lipinski definition) is 1. The molecule has 20 heavy (non-hydrogen) atoms. The fourth-order valence-corrected chi connectivity index (χ4v) is 1.69. The lowest BCUT2D eigenvalue weighted by Crippen LogP contribution is -2.25. The van der Waals surface area contributed by atoms with E-state index >= 15 is 0 Å². The monoisotopic (exact) mass is 267 g/mol. The molecule has 0 fully saturated rings. The van der Waals surface area contributed by atoms with Crippen LogP contribution < -0.4 is 5.32 Å². The minimum Gasteiger partial charge on any atom is -0.345 e. The van der Waals surface area contributed by atoms with E-state index in [1.165, 1.54) is 6.07 Å². The van der Waals surface area contributed by atoms with E-state index in [-0.39, 0.29) is 18.3 Å². The van der Waals surface area contributed by atoms with Crippen molar-refractivity contribution in [3.63, 3.8) is 0 Å². The van der Waals surface area contributed by atoms with Gasteiger partial charge in [0.25, 0.3) is 0 Å². The average Bonchev–Trinajstić information content (AvgIpc) is 2.46. The molecule has 0 radical (unpaired) electrons. The Balaban J connectivity index is 1.82. The van der Waals surface area contributed by atoms with Gasteiger partial charge in [0.15, 0.2) is 0 Å². The number of benzene rings is 2. The van der Waals surface area contributed by atoms with E-state index < -0.39 is 0 Å². The zero-order valence-corrected chi connectivity index (χ0v) is 10.9. The molecule has 3 heteroatoms. The van der Waals surface area contributed by atoms with Crippen LogP contribution >= 0.6 is 0 Å².